The van der Waals surface area contributed by atoms with Crippen molar-refractivity contribution < 1.29 is 14.3 Å². The topological polar surface area (TPSA) is 47.6 Å². The molecule has 2 rings (SSSR count). The Morgan fingerprint density at radius 1 is 1.00 bits per heavy atom. The van der Waals surface area contributed by atoms with Gasteiger partial charge in [0.25, 0.3) is 0 Å². The summed E-state index contributed by atoms with van der Waals surface area (Å²) >= 11 is 0. The maximum Gasteiger partial charge on any atom is 0.337 e. The molecule has 4 heteroatoms. The monoisotopic (exact) mass is 271 g/mol. The molecular formula is C16H17NO3. The molecule has 0 bridgehead atoms. The van der Waals surface area contributed by atoms with Gasteiger partial charge in [-0.1, -0.05) is 12.1 Å². The van der Waals surface area contributed by atoms with Crippen molar-refractivity contribution >= 4 is 11.7 Å². The van der Waals surface area contributed by atoms with E-state index in [0.29, 0.717) is 12.1 Å². The molecule has 4 nitrogen and oxygen atoms in total. The summed E-state index contributed by atoms with van der Waals surface area (Å²) < 4.78 is 9.77. The Morgan fingerprint density at radius 2 is 1.65 bits per heavy atom. The van der Waals surface area contributed by atoms with Gasteiger partial charge in [-0.05, 0) is 42.0 Å². The Bertz CT molecular complexity index is 561. The van der Waals surface area contributed by atoms with Crippen LogP contribution in [-0.4, -0.2) is 20.2 Å². The molecule has 2 aromatic carbocycles. The number of hydrogen-bond donors (Lipinski definition) is 1. The lowest BCUT2D eigenvalue weighted by atomic mass is 10.2. The lowest BCUT2D eigenvalue weighted by molar-refractivity contribution is 0.0601. The molecule has 0 aliphatic rings. The van der Waals surface area contributed by atoms with Crippen molar-refractivity contribution in [2.45, 2.75) is 6.54 Å². The zero-order valence-corrected chi connectivity index (χ0v) is 11.6. The van der Waals surface area contributed by atoms with Crippen LogP contribution < -0.4 is 10.1 Å². The fourth-order valence-corrected chi connectivity index (χ4v) is 1.79. The fourth-order valence-electron chi connectivity index (χ4n) is 1.79. The highest BCUT2D eigenvalue weighted by Gasteiger charge is 2.04. The number of benzene rings is 2. The van der Waals surface area contributed by atoms with Crippen molar-refractivity contribution in [3.05, 3.63) is 59.7 Å². The van der Waals surface area contributed by atoms with Crippen LogP contribution in [0.1, 0.15) is 15.9 Å². The number of esters is 1. The summed E-state index contributed by atoms with van der Waals surface area (Å²) in [6.07, 6.45) is 0. The summed E-state index contributed by atoms with van der Waals surface area (Å²) in [4.78, 5) is 11.3. The summed E-state index contributed by atoms with van der Waals surface area (Å²) in [7, 11) is 3.02. The first-order valence-electron chi connectivity index (χ1n) is 6.28. The number of carbonyl (C=O) groups is 1. The zero-order valence-electron chi connectivity index (χ0n) is 11.6. The average Bonchev–Trinajstić information content (AvgIpc) is 2.53. The van der Waals surface area contributed by atoms with Gasteiger partial charge in [0.05, 0.1) is 19.8 Å². The van der Waals surface area contributed by atoms with E-state index >= 15 is 0 Å². The molecule has 0 fully saturated rings. The van der Waals surface area contributed by atoms with Gasteiger partial charge >= 0.3 is 5.97 Å². The molecular weight excluding hydrogens is 254 g/mol. The molecule has 104 valence electrons. The molecule has 0 heterocycles. The van der Waals surface area contributed by atoms with Crippen LogP contribution in [0, 0.1) is 0 Å². The number of hydrogen-bond acceptors (Lipinski definition) is 4. The van der Waals surface area contributed by atoms with Crippen molar-refractivity contribution in [3.8, 4) is 5.75 Å². The molecule has 0 unspecified atom stereocenters. The maximum atomic E-state index is 11.3. The van der Waals surface area contributed by atoms with E-state index < -0.39 is 0 Å². The van der Waals surface area contributed by atoms with Crippen LogP contribution in [0.2, 0.25) is 0 Å². The highest BCUT2D eigenvalue weighted by Crippen LogP contribution is 2.14. The van der Waals surface area contributed by atoms with Crippen molar-refractivity contribution in [1.82, 2.24) is 0 Å². The second-order valence-corrected chi connectivity index (χ2v) is 4.27. The van der Waals surface area contributed by atoms with Gasteiger partial charge < -0.3 is 14.8 Å². The summed E-state index contributed by atoms with van der Waals surface area (Å²) in [5.41, 5.74) is 2.65. The van der Waals surface area contributed by atoms with Crippen LogP contribution in [0.5, 0.6) is 5.75 Å². The normalized spacial score (nSPS) is 9.90. The van der Waals surface area contributed by atoms with Crippen LogP contribution in [0.3, 0.4) is 0 Å². The molecule has 0 saturated carbocycles. The minimum atomic E-state index is -0.327. The Labute approximate surface area is 118 Å². The molecule has 0 spiro atoms. The van der Waals surface area contributed by atoms with Gasteiger partial charge in [-0.2, -0.15) is 0 Å². The fraction of sp³-hybridized carbons (Fsp3) is 0.188. The van der Waals surface area contributed by atoms with Crippen LogP contribution in [-0.2, 0) is 11.3 Å². The lowest BCUT2D eigenvalue weighted by Gasteiger charge is -2.08. The van der Waals surface area contributed by atoms with Crippen LogP contribution in [0.15, 0.2) is 48.5 Å². The third-order valence-corrected chi connectivity index (χ3v) is 2.96. The van der Waals surface area contributed by atoms with E-state index in [1.807, 2.05) is 36.4 Å². The third kappa shape index (κ3) is 3.51. The minimum Gasteiger partial charge on any atom is -0.497 e. The second-order valence-electron chi connectivity index (χ2n) is 4.27. The van der Waals surface area contributed by atoms with Crippen LogP contribution >= 0.6 is 0 Å². The predicted molar refractivity (Wildman–Crippen MR) is 78.1 cm³/mol. The highest BCUT2D eigenvalue weighted by atomic mass is 16.5. The number of anilines is 1. The van der Waals surface area contributed by atoms with Crippen molar-refractivity contribution in [2.75, 3.05) is 19.5 Å². The summed E-state index contributed by atoms with van der Waals surface area (Å²) in [6, 6.07) is 15.1. The first-order valence-corrected chi connectivity index (χ1v) is 6.28. The van der Waals surface area contributed by atoms with Crippen molar-refractivity contribution in [3.63, 3.8) is 0 Å². The summed E-state index contributed by atoms with van der Waals surface area (Å²) in [6.45, 7) is 0.710. The molecule has 1 N–H and O–H groups in total. The summed E-state index contributed by atoms with van der Waals surface area (Å²) in [5, 5.41) is 3.29. The number of rotatable bonds is 5. The van der Waals surface area contributed by atoms with Gasteiger partial charge in [0, 0.05) is 12.2 Å². The van der Waals surface area contributed by atoms with Gasteiger partial charge in [-0.15, -0.1) is 0 Å². The Hall–Kier alpha value is -2.49. The molecule has 0 aliphatic heterocycles. The van der Waals surface area contributed by atoms with Gasteiger partial charge in [-0.25, -0.2) is 4.79 Å². The Morgan fingerprint density at radius 3 is 2.20 bits per heavy atom. The third-order valence-electron chi connectivity index (χ3n) is 2.96. The maximum absolute atomic E-state index is 11.3. The number of methoxy groups -OCH3 is 2. The predicted octanol–water partition coefficient (Wildman–Crippen LogP) is 3.09. The first kappa shape index (κ1) is 13.9. The van der Waals surface area contributed by atoms with E-state index in [1.54, 1.807) is 19.2 Å². The Balaban J connectivity index is 1.94. The molecule has 0 saturated heterocycles. The Kier molecular flexibility index (Phi) is 4.60. The largest absolute Gasteiger partial charge is 0.497 e. The quantitative estimate of drug-likeness (QED) is 0.849. The summed E-state index contributed by atoms with van der Waals surface area (Å²) in [5.74, 6) is 0.517. The van der Waals surface area contributed by atoms with Crippen molar-refractivity contribution in [2.24, 2.45) is 0 Å². The van der Waals surface area contributed by atoms with Crippen molar-refractivity contribution in [1.29, 1.82) is 0 Å². The van der Waals surface area contributed by atoms with E-state index in [4.69, 9.17) is 4.74 Å². The minimum absolute atomic E-state index is 0.327. The second kappa shape index (κ2) is 6.61. The SMILES string of the molecule is COC(=O)c1ccc(NCc2ccc(OC)cc2)cc1. The number of ether oxygens (including phenoxy) is 2. The van der Waals surface area contributed by atoms with Gasteiger partial charge in [0.15, 0.2) is 0 Å². The average molecular weight is 271 g/mol. The number of nitrogens with one attached hydrogen (secondary N) is 1. The molecule has 0 atom stereocenters. The van der Waals surface area contributed by atoms with Gasteiger partial charge in [0.2, 0.25) is 0 Å². The molecule has 0 radical (unpaired) electrons. The van der Waals surface area contributed by atoms with E-state index in [1.165, 1.54) is 7.11 Å². The molecule has 0 aliphatic carbocycles. The number of carbonyl (C=O) groups excluding carboxylic acids is 1. The first-order chi connectivity index (χ1) is 9.72. The molecule has 20 heavy (non-hydrogen) atoms. The lowest BCUT2D eigenvalue weighted by Crippen LogP contribution is -2.02. The standard InChI is InChI=1S/C16H17NO3/c1-19-15-9-3-12(4-10-15)11-17-14-7-5-13(6-8-14)16(18)20-2/h3-10,17H,11H2,1-2H3. The zero-order chi connectivity index (χ0) is 14.4. The van der Waals surface area contributed by atoms with Gasteiger partial charge in [-0.3, -0.25) is 0 Å². The molecule has 0 amide bonds. The van der Waals surface area contributed by atoms with E-state index in [0.717, 1.165) is 17.0 Å². The molecule has 2 aromatic rings. The van der Waals surface area contributed by atoms with Gasteiger partial charge in [0.1, 0.15) is 5.75 Å². The highest BCUT2D eigenvalue weighted by molar-refractivity contribution is 5.89. The van der Waals surface area contributed by atoms with E-state index in [-0.39, 0.29) is 5.97 Å². The van der Waals surface area contributed by atoms with E-state index in [9.17, 15) is 4.79 Å². The van der Waals surface area contributed by atoms with Crippen LogP contribution in [0.25, 0.3) is 0 Å². The smallest absolute Gasteiger partial charge is 0.337 e. The van der Waals surface area contributed by atoms with E-state index in [2.05, 4.69) is 10.1 Å². The van der Waals surface area contributed by atoms with Crippen LogP contribution in [0.4, 0.5) is 5.69 Å². The molecule has 0 aromatic heterocycles.